The molecule has 28 heteroatoms. The Bertz CT molecular complexity index is 4220. The van der Waals surface area contributed by atoms with Crippen molar-refractivity contribution in [3.05, 3.63) is 166 Å². The van der Waals surface area contributed by atoms with Crippen LogP contribution in [-0.2, 0) is 4.74 Å². The molecule has 0 aromatic heterocycles. The Labute approximate surface area is 659 Å². The third-order valence-electron chi connectivity index (χ3n) is 14.7. The Hall–Kier alpha value is -15.5. The van der Waals surface area contributed by atoms with E-state index in [0.717, 1.165) is 0 Å². The van der Waals surface area contributed by atoms with Crippen molar-refractivity contribution in [2.24, 2.45) is 0 Å². The summed E-state index contributed by atoms with van der Waals surface area (Å²) >= 11 is 0. The molecule has 0 aliphatic rings. The fourth-order valence-corrected chi connectivity index (χ4v) is 9.80. The van der Waals surface area contributed by atoms with E-state index in [2.05, 4.69) is 79.3 Å². The number of ether oxygens (including phenoxy) is 15. The number of esters is 1. The summed E-state index contributed by atoms with van der Waals surface area (Å²) in [6, 6.07) is 31.1. The van der Waals surface area contributed by atoms with Crippen LogP contribution in [0.4, 0.5) is 0 Å². The van der Waals surface area contributed by atoms with Crippen LogP contribution < -0.4 is 98.2 Å². The standard InChI is InChI=1S/C86H78N6O22/c1-10-24-101-66-38-59(39-67(52-66)102-25-11-2)80(93)87-18-32-109-74-46-63(47-75(56-74)110-33-19-88-81(94)60-40-68(103-26-12-3)53-69(41-60)104-27-13-4)84(97)91-22-36-113-78-50-65(86(99)100-9)51-79(58-78)114-37-23-92-85(98)64-48-76(111-34-20-89-82(95)61-42-70(105-28-14-5)54-71(43-61)106-29-15-6)57-77(49-64)112-35-21-90-83(96)62-44-72(107-30-16-7)55-73(45-62)108-31-17-8/h1-8,38-58H,18-37H2,9H3,(H,87,93)(H,88,94)(H,89,95)(H,90,96)(H,91,97)(H,92,98). The quantitative estimate of drug-likeness (QED) is 0.0136. The zero-order chi connectivity index (χ0) is 81.7. The predicted octanol–water partition coefficient (Wildman–Crippen LogP) is 6.42. The summed E-state index contributed by atoms with van der Waals surface area (Å²) in [5, 5.41) is 16.6. The van der Waals surface area contributed by atoms with Gasteiger partial charge < -0.3 is 103 Å². The van der Waals surface area contributed by atoms with E-state index in [1.165, 1.54) is 135 Å². The third-order valence-corrected chi connectivity index (χ3v) is 14.7. The highest BCUT2D eigenvalue weighted by molar-refractivity contribution is 5.98. The zero-order valence-corrected chi connectivity index (χ0v) is 61.9. The maximum absolute atomic E-state index is 13.9. The van der Waals surface area contributed by atoms with E-state index in [0.29, 0.717) is 0 Å². The van der Waals surface area contributed by atoms with Crippen molar-refractivity contribution in [1.29, 1.82) is 0 Å². The zero-order valence-electron chi connectivity index (χ0n) is 61.9. The predicted molar refractivity (Wildman–Crippen MR) is 418 cm³/mol. The maximum atomic E-state index is 13.9. The van der Waals surface area contributed by atoms with Crippen LogP contribution in [0, 0.1) is 98.8 Å². The molecule has 0 unspecified atom stereocenters. The smallest absolute Gasteiger partial charge is 0.338 e. The molecular weight excluding hydrogens is 1470 g/mol. The van der Waals surface area contributed by atoms with Crippen molar-refractivity contribution in [2.45, 2.75) is 0 Å². The van der Waals surface area contributed by atoms with Gasteiger partial charge in [0.05, 0.1) is 51.9 Å². The average molecular weight is 1550 g/mol. The second-order valence-corrected chi connectivity index (χ2v) is 22.9. The average Bonchev–Trinajstić information content (AvgIpc) is 0.824. The molecule has 7 aromatic carbocycles. The summed E-state index contributed by atoms with van der Waals surface area (Å²) < 4.78 is 85.4. The molecule has 7 rings (SSSR count). The number of carbonyl (C=O) groups is 7. The van der Waals surface area contributed by atoms with Gasteiger partial charge in [-0.25, -0.2) is 4.79 Å². The lowest BCUT2D eigenvalue weighted by Crippen LogP contribution is -2.29. The number of rotatable bonds is 47. The van der Waals surface area contributed by atoms with Gasteiger partial charge in [-0.1, -0.05) is 47.4 Å². The number of carbonyl (C=O) groups excluding carboxylic acids is 7. The fraction of sp³-hybridized carbons (Fsp3) is 0.244. The van der Waals surface area contributed by atoms with Gasteiger partial charge in [0.15, 0.2) is 0 Å². The third kappa shape index (κ3) is 29.6. The minimum atomic E-state index is -0.730. The number of amides is 6. The Balaban J connectivity index is 0.990. The van der Waals surface area contributed by atoms with Gasteiger partial charge in [-0.2, -0.15) is 0 Å². The van der Waals surface area contributed by atoms with Crippen molar-refractivity contribution in [1.82, 2.24) is 31.9 Å². The molecule has 7 aromatic rings. The van der Waals surface area contributed by atoms with E-state index in [4.69, 9.17) is 122 Å². The summed E-state index contributed by atoms with van der Waals surface area (Å²) in [5.74, 6) is 18.1. The first kappa shape index (κ1) is 85.8. The first-order valence-electron chi connectivity index (χ1n) is 34.6. The molecule has 0 fully saturated rings. The van der Waals surface area contributed by atoms with Gasteiger partial charge in [-0.15, -0.1) is 51.4 Å². The van der Waals surface area contributed by atoms with Crippen LogP contribution in [0.15, 0.2) is 127 Å². The molecule has 0 saturated carbocycles. The molecule has 28 nitrogen and oxygen atoms in total. The molecule has 6 N–H and O–H groups in total. The van der Waals surface area contributed by atoms with Crippen molar-refractivity contribution in [2.75, 3.05) is 139 Å². The molecule has 0 radical (unpaired) electrons. The Morgan fingerprint density at radius 3 is 0.482 bits per heavy atom. The molecule has 0 bridgehead atoms. The largest absolute Gasteiger partial charge is 0.492 e. The van der Waals surface area contributed by atoms with Crippen LogP contribution in [-0.4, -0.2) is 180 Å². The van der Waals surface area contributed by atoms with Gasteiger partial charge in [0.1, 0.15) is 173 Å². The molecule has 0 atom stereocenters. The Morgan fingerprint density at radius 2 is 0.351 bits per heavy atom. The molecule has 0 aliphatic heterocycles. The fourth-order valence-electron chi connectivity index (χ4n) is 9.80. The van der Waals surface area contributed by atoms with Crippen LogP contribution in [0.5, 0.6) is 80.5 Å². The van der Waals surface area contributed by atoms with Crippen molar-refractivity contribution in [3.63, 3.8) is 0 Å². The lowest BCUT2D eigenvalue weighted by atomic mass is 10.2. The summed E-state index contributed by atoms with van der Waals surface area (Å²) in [5.41, 5.74) is 0.924. The van der Waals surface area contributed by atoms with Crippen molar-refractivity contribution in [3.8, 4) is 179 Å². The summed E-state index contributed by atoms with van der Waals surface area (Å²) in [4.78, 5) is 94.2. The maximum Gasteiger partial charge on any atom is 0.338 e. The van der Waals surface area contributed by atoms with E-state index in [1.807, 2.05) is 0 Å². The highest BCUT2D eigenvalue weighted by Crippen LogP contribution is 2.30. The van der Waals surface area contributed by atoms with Gasteiger partial charge >= 0.3 is 5.97 Å². The number of methoxy groups -OCH3 is 1. The second-order valence-electron chi connectivity index (χ2n) is 22.9. The van der Waals surface area contributed by atoms with Crippen LogP contribution >= 0.6 is 0 Å². The normalized spacial score (nSPS) is 9.97. The number of terminal acetylenes is 8. The minimum absolute atomic E-state index is 0.0171. The molecule has 114 heavy (non-hydrogen) atoms. The summed E-state index contributed by atoms with van der Waals surface area (Å²) in [6.45, 7) is -1.40. The Morgan fingerprint density at radius 1 is 0.219 bits per heavy atom. The highest BCUT2D eigenvalue weighted by Gasteiger charge is 2.20. The number of benzene rings is 7. The van der Waals surface area contributed by atoms with Crippen LogP contribution in [0.3, 0.4) is 0 Å². The molecule has 6 amide bonds. The monoisotopic (exact) mass is 1550 g/mol. The van der Waals surface area contributed by atoms with E-state index in [1.54, 1.807) is 0 Å². The lowest BCUT2D eigenvalue weighted by molar-refractivity contribution is 0.0598. The molecule has 0 heterocycles. The van der Waals surface area contributed by atoms with Gasteiger partial charge in [0.2, 0.25) is 0 Å². The first-order chi connectivity index (χ1) is 55.5. The number of hydrogen-bond acceptors (Lipinski definition) is 22. The van der Waals surface area contributed by atoms with Gasteiger partial charge in [-0.05, 0) is 84.9 Å². The first-order valence-corrected chi connectivity index (χ1v) is 34.6. The topological polar surface area (TPSA) is 330 Å². The molecule has 0 spiro atoms. The SMILES string of the molecule is C#CCOc1cc(OCC#C)cc(C(=O)NCCOc2cc(OCCNC(=O)c3cc(OCC#C)cc(OCC#C)c3)cc(C(=O)NCCOc3cc(OCCNC(=O)c4cc(OCCNC(=O)c5cc(OCC#C)cc(OCC#C)c5)cc(OCCNC(=O)c5cc(OCC#C)cc(OCC#C)c5)c4)cc(C(=O)OC)c3)c2)c1. The van der Waals surface area contributed by atoms with Gasteiger partial charge in [0.25, 0.3) is 35.4 Å². The van der Waals surface area contributed by atoms with Crippen molar-refractivity contribution < 1.29 is 105 Å². The van der Waals surface area contributed by atoms with Crippen LogP contribution in [0.1, 0.15) is 72.5 Å². The van der Waals surface area contributed by atoms with Crippen molar-refractivity contribution >= 4 is 41.4 Å². The molecule has 0 aliphatic carbocycles. The second kappa shape index (κ2) is 47.3. The van der Waals surface area contributed by atoms with Gasteiger partial charge in [-0.3, -0.25) is 28.8 Å². The van der Waals surface area contributed by atoms with E-state index >= 15 is 0 Å². The lowest BCUT2D eigenvalue weighted by Gasteiger charge is -2.15. The number of hydrogen-bond donors (Lipinski definition) is 6. The minimum Gasteiger partial charge on any atom is -0.492 e. The van der Waals surface area contributed by atoms with Crippen LogP contribution in [0.2, 0.25) is 0 Å². The molecular formula is C86H78N6O22. The summed E-state index contributed by atoms with van der Waals surface area (Å²) in [7, 11) is 1.19. The van der Waals surface area contributed by atoms with Gasteiger partial charge in [0, 0.05) is 75.8 Å². The van der Waals surface area contributed by atoms with Crippen LogP contribution in [0.25, 0.3) is 0 Å². The summed E-state index contributed by atoms with van der Waals surface area (Å²) in [6.07, 6.45) is 43.0. The molecule has 584 valence electrons. The van der Waals surface area contributed by atoms with E-state index < -0.39 is 41.4 Å². The van der Waals surface area contributed by atoms with E-state index in [-0.39, 0.29) is 251 Å². The Kier molecular flexibility index (Phi) is 35.6. The van der Waals surface area contributed by atoms with E-state index in [9.17, 15) is 33.6 Å². The number of nitrogens with one attached hydrogen (secondary N) is 6. The molecule has 0 saturated heterocycles. The highest BCUT2D eigenvalue weighted by atomic mass is 16.5.